The largest absolute Gasteiger partial charge is 0.484 e. The fraction of sp³-hybridized carbons (Fsp3) is 0.219. The Morgan fingerprint density at radius 3 is 2.48 bits per heavy atom. The molecule has 1 heterocycles. The van der Waals surface area contributed by atoms with Crippen molar-refractivity contribution in [2.24, 2.45) is 5.73 Å². The number of amides is 1. The van der Waals surface area contributed by atoms with Crippen LogP contribution in [0.3, 0.4) is 0 Å². The molecule has 0 radical (unpaired) electrons. The number of esters is 1. The zero-order valence-electron chi connectivity index (χ0n) is 24.0. The van der Waals surface area contributed by atoms with Gasteiger partial charge in [0.05, 0.1) is 11.5 Å². The Morgan fingerprint density at radius 2 is 1.75 bits per heavy atom. The number of aryl methyl sites for hydroxylation is 1. The van der Waals surface area contributed by atoms with Gasteiger partial charge < -0.3 is 25.4 Å². The third kappa shape index (κ3) is 6.97. The van der Waals surface area contributed by atoms with Crippen molar-refractivity contribution < 1.29 is 27.5 Å². The number of nitrogens with one attached hydrogen (secondary N) is 2. The number of nitrogen functional groups attached to an aromatic ring is 1. The zero-order chi connectivity index (χ0) is 30.6. The van der Waals surface area contributed by atoms with Crippen LogP contribution in [0, 0.1) is 5.41 Å². The van der Waals surface area contributed by atoms with E-state index in [2.05, 4.69) is 5.32 Å². The lowest BCUT2D eigenvalue weighted by Crippen LogP contribution is -2.40. The van der Waals surface area contributed by atoms with Gasteiger partial charge in [0.2, 0.25) is 15.2 Å². The quantitative estimate of drug-likeness (QED) is 0.0906. The predicted molar refractivity (Wildman–Crippen MR) is 181 cm³/mol. The average Bonchev–Trinajstić information content (AvgIpc) is 3.01. The Morgan fingerprint density at radius 1 is 1.02 bits per heavy atom. The maximum Gasteiger partial charge on any atom is 0.344 e. The van der Waals surface area contributed by atoms with Crippen molar-refractivity contribution in [3.05, 3.63) is 96.1 Å². The Hall–Kier alpha value is -4.17. The minimum Gasteiger partial charge on any atom is -0.484 e. The second-order valence-electron chi connectivity index (χ2n) is 10.0. The molecule has 1 aliphatic rings. The van der Waals surface area contributed by atoms with Crippen LogP contribution >= 0.6 is 24.0 Å². The highest BCUT2D eigenvalue weighted by Crippen LogP contribution is 2.32. The molecule has 230 valence electrons. The summed E-state index contributed by atoms with van der Waals surface area (Å²) in [6.07, 6.45) is 1.37. The number of anilines is 2. The van der Waals surface area contributed by atoms with Crippen LogP contribution in [0.25, 0.3) is 10.8 Å². The lowest BCUT2D eigenvalue weighted by molar-refractivity contribution is -0.142. The molecule has 0 saturated heterocycles. The molecular weight excluding hydrogens is 695 g/mol. The van der Waals surface area contributed by atoms with Gasteiger partial charge in [0, 0.05) is 28.9 Å². The summed E-state index contributed by atoms with van der Waals surface area (Å²) in [4.78, 5) is 27.8. The van der Waals surface area contributed by atoms with Crippen molar-refractivity contribution >= 4 is 73.7 Å². The number of hydrogen-bond donors (Lipinski definition) is 3. The number of fused-ring (bicyclic) bond motifs is 2. The van der Waals surface area contributed by atoms with Gasteiger partial charge in [-0.15, -0.1) is 24.0 Å². The summed E-state index contributed by atoms with van der Waals surface area (Å²) in [5, 5.41) is 9.96. The predicted octanol–water partition coefficient (Wildman–Crippen LogP) is 4.88. The smallest absolute Gasteiger partial charge is 0.344 e. The lowest BCUT2D eigenvalue weighted by Gasteiger charge is -2.30. The minimum absolute atomic E-state index is 0. The van der Waals surface area contributed by atoms with Crippen molar-refractivity contribution in [3.8, 4) is 5.75 Å². The molecule has 5 rings (SSSR count). The number of carbonyl (C=O) groups is 2. The van der Waals surface area contributed by atoms with E-state index < -0.39 is 21.2 Å². The van der Waals surface area contributed by atoms with Crippen molar-refractivity contribution in [2.45, 2.75) is 30.0 Å². The van der Waals surface area contributed by atoms with Gasteiger partial charge in [-0.25, -0.2) is 13.2 Å². The van der Waals surface area contributed by atoms with Crippen molar-refractivity contribution in [1.82, 2.24) is 0 Å². The Balaban J connectivity index is 0.00000442. The molecule has 1 amide bonds. The number of nitrogens with two attached hydrogens (primary N) is 1. The van der Waals surface area contributed by atoms with Crippen LogP contribution < -0.4 is 20.7 Å². The number of ether oxygens (including phenoxy) is 2. The first-order chi connectivity index (χ1) is 20.7. The van der Waals surface area contributed by atoms with E-state index >= 15 is 0 Å². The molecule has 10 nitrogen and oxygen atoms in total. The van der Waals surface area contributed by atoms with Gasteiger partial charge in [-0.1, -0.05) is 36.4 Å². The minimum atomic E-state index is -4.22. The number of carbonyl (C=O) groups excluding carboxylic acids is 2. The molecule has 4 aromatic carbocycles. The highest BCUT2D eigenvalue weighted by Gasteiger charge is 2.37. The third-order valence-corrected chi connectivity index (χ3v) is 9.09. The van der Waals surface area contributed by atoms with E-state index in [9.17, 15) is 18.0 Å². The molecule has 4 aromatic rings. The van der Waals surface area contributed by atoms with Crippen LogP contribution in [0.1, 0.15) is 24.5 Å². The second kappa shape index (κ2) is 14.1. The highest BCUT2D eigenvalue weighted by molar-refractivity contribution is 14.0. The highest BCUT2D eigenvalue weighted by atomic mass is 127. The molecule has 1 atom stereocenters. The van der Waals surface area contributed by atoms with E-state index in [4.69, 9.17) is 20.6 Å². The third-order valence-electron chi connectivity index (χ3n) is 7.19. The molecule has 1 aliphatic heterocycles. The maximum absolute atomic E-state index is 13.9. The van der Waals surface area contributed by atoms with Crippen LogP contribution in [0.2, 0.25) is 0 Å². The summed E-state index contributed by atoms with van der Waals surface area (Å²) in [5.41, 5.74) is 7.99. The van der Waals surface area contributed by atoms with E-state index in [0.717, 1.165) is 10.9 Å². The summed E-state index contributed by atoms with van der Waals surface area (Å²) in [6, 6.07) is 23.8. The molecular formula is C32H33IN4O6S. The molecule has 44 heavy (non-hydrogen) atoms. The molecule has 0 spiro atoms. The van der Waals surface area contributed by atoms with Gasteiger partial charge in [0.25, 0.3) is 5.91 Å². The Kier molecular flexibility index (Phi) is 10.5. The van der Waals surface area contributed by atoms with Crippen molar-refractivity contribution in [2.75, 3.05) is 30.0 Å². The summed E-state index contributed by atoms with van der Waals surface area (Å²) >= 11 is 0. The first-order valence-corrected chi connectivity index (χ1v) is 15.4. The molecule has 0 aromatic heterocycles. The molecule has 0 saturated carbocycles. The van der Waals surface area contributed by atoms with Gasteiger partial charge in [-0.05, 0) is 79.2 Å². The monoisotopic (exact) mass is 728 g/mol. The van der Waals surface area contributed by atoms with Gasteiger partial charge in [0.15, 0.2) is 6.61 Å². The van der Waals surface area contributed by atoms with Crippen LogP contribution in [0.15, 0.2) is 89.8 Å². The summed E-state index contributed by atoms with van der Waals surface area (Å²) in [7, 11) is -4.22. The van der Waals surface area contributed by atoms with Crippen LogP contribution in [-0.4, -0.2) is 51.3 Å². The number of rotatable bonds is 10. The molecule has 0 bridgehead atoms. The van der Waals surface area contributed by atoms with E-state index in [1.807, 2.05) is 18.2 Å². The topological polar surface area (TPSA) is 152 Å². The fourth-order valence-electron chi connectivity index (χ4n) is 5.10. The van der Waals surface area contributed by atoms with Gasteiger partial charge in [0.1, 0.15) is 11.6 Å². The van der Waals surface area contributed by atoms with E-state index in [0.29, 0.717) is 47.5 Å². The van der Waals surface area contributed by atoms with E-state index in [-0.39, 0.29) is 53.8 Å². The fourth-order valence-corrected chi connectivity index (χ4v) is 6.73. The Labute approximate surface area is 273 Å². The molecule has 0 fully saturated rings. The number of halogens is 1. The number of sulfone groups is 1. The molecule has 1 unspecified atom stereocenters. The number of hydrogen-bond acceptors (Lipinski definition) is 8. The number of amidine groups is 1. The van der Waals surface area contributed by atoms with Gasteiger partial charge in [-0.2, -0.15) is 0 Å². The summed E-state index contributed by atoms with van der Waals surface area (Å²) in [6.45, 7) is 1.96. The van der Waals surface area contributed by atoms with E-state index in [1.54, 1.807) is 72.5 Å². The summed E-state index contributed by atoms with van der Waals surface area (Å²) in [5.74, 6) is -0.715. The zero-order valence-corrected chi connectivity index (χ0v) is 27.1. The average molecular weight is 729 g/mol. The molecule has 0 aliphatic carbocycles. The van der Waals surface area contributed by atoms with Crippen LogP contribution in [0.5, 0.6) is 5.75 Å². The first kappa shape index (κ1) is 32.7. The molecule has 4 N–H and O–H groups in total. The lowest BCUT2D eigenvalue weighted by atomic mass is 10.0. The maximum atomic E-state index is 13.9. The number of benzene rings is 4. The molecule has 12 heteroatoms. The SMILES string of the molecule is CCOC(=O)C(Nc1ccc2c(c1)CCCN2C(=O)COc1ccc(C(=N)N)cc1)S(=O)(=O)c1cccc2ccccc12.I. The van der Waals surface area contributed by atoms with Crippen LogP contribution in [0.4, 0.5) is 11.4 Å². The van der Waals surface area contributed by atoms with Crippen molar-refractivity contribution in [3.63, 3.8) is 0 Å². The van der Waals surface area contributed by atoms with Crippen molar-refractivity contribution in [1.29, 1.82) is 5.41 Å². The van der Waals surface area contributed by atoms with Gasteiger partial charge >= 0.3 is 5.97 Å². The summed E-state index contributed by atoms with van der Waals surface area (Å²) < 4.78 is 38.6. The van der Waals surface area contributed by atoms with Gasteiger partial charge in [-0.3, -0.25) is 10.2 Å². The normalized spacial score (nSPS) is 13.2. The Bertz CT molecular complexity index is 1790. The standard InChI is InChI=1S/C32H32N4O6S.HI/c1-2-41-32(38)31(43(39,40)28-11-5-8-21-7-3-4-10-26(21)28)35-24-14-17-27-23(19-24)9-6-18-36(27)29(37)20-42-25-15-12-22(13-16-25)30(33)34;/h3-5,7-8,10-17,19,31,35H,2,6,9,18,20H2,1H3,(H3,33,34);1H. The second-order valence-corrected chi connectivity index (χ2v) is 12.0. The van der Waals surface area contributed by atoms with Crippen LogP contribution in [-0.2, 0) is 30.6 Å². The first-order valence-electron chi connectivity index (χ1n) is 13.8. The van der Waals surface area contributed by atoms with E-state index in [1.165, 1.54) is 6.07 Å². The number of nitrogens with zero attached hydrogens (tertiary/aromatic N) is 1.